The van der Waals surface area contributed by atoms with Gasteiger partial charge in [0.05, 0.1) is 19.2 Å². The van der Waals surface area contributed by atoms with Gasteiger partial charge in [0.2, 0.25) is 0 Å². The molecule has 1 atom stereocenters. The number of tetrazole rings is 1. The van der Waals surface area contributed by atoms with E-state index in [9.17, 15) is 4.39 Å². The van der Waals surface area contributed by atoms with Gasteiger partial charge in [0.25, 0.3) is 0 Å². The van der Waals surface area contributed by atoms with Crippen LogP contribution in [0.25, 0.3) is 0 Å². The molecule has 0 radical (unpaired) electrons. The average Bonchev–Trinajstić information content (AvgIpc) is 3.20. The molecule has 4 rings (SSSR count). The van der Waals surface area contributed by atoms with Crippen molar-refractivity contribution in [2.24, 2.45) is 0 Å². The number of ether oxygens (including phenoxy) is 1. The maximum absolute atomic E-state index is 13.3. The van der Waals surface area contributed by atoms with Crippen molar-refractivity contribution < 1.29 is 9.13 Å². The Labute approximate surface area is 176 Å². The highest BCUT2D eigenvalue weighted by molar-refractivity contribution is 5.32. The van der Waals surface area contributed by atoms with Crippen molar-refractivity contribution in [1.82, 2.24) is 30.0 Å². The number of halogens is 1. The van der Waals surface area contributed by atoms with E-state index in [1.807, 2.05) is 23.7 Å². The summed E-state index contributed by atoms with van der Waals surface area (Å²) < 4.78 is 20.7. The van der Waals surface area contributed by atoms with Crippen LogP contribution in [-0.2, 0) is 6.54 Å². The van der Waals surface area contributed by atoms with Crippen molar-refractivity contribution in [2.75, 3.05) is 39.8 Å². The first kappa shape index (κ1) is 20.4. The molecule has 0 spiro atoms. The summed E-state index contributed by atoms with van der Waals surface area (Å²) in [6.45, 7) is 6.95. The lowest BCUT2D eigenvalue weighted by Crippen LogP contribution is -2.46. The van der Waals surface area contributed by atoms with Crippen LogP contribution in [0.2, 0.25) is 0 Å². The lowest BCUT2D eigenvalue weighted by atomic mass is 10.0. The number of benzene rings is 2. The summed E-state index contributed by atoms with van der Waals surface area (Å²) >= 11 is 0. The van der Waals surface area contributed by atoms with Gasteiger partial charge in [-0.05, 0) is 59.8 Å². The summed E-state index contributed by atoms with van der Waals surface area (Å²) in [5, 5.41) is 12.6. The van der Waals surface area contributed by atoms with E-state index in [1.54, 1.807) is 12.1 Å². The smallest absolute Gasteiger partial charge is 0.173 e. The van der Waals surface area contributed by atoms with Gasteiger partial charge in [0.1, 0.15) is 11.6 Å². The maximum Gasteiger partial charge on any atom is 0.173 e. The number of aromatic nitrogens is 4. The monoisotopic (exact) mass is 410 g/mol. The van der Waals surface area contributed by atoms with E-state index < -0.39 is 0 Å². The molecule has 0 N–H and O–H groups in total. The number of nitrogens with zero attached hydrogens (tertiary/aromatic N) is 6. The minimum atomic E-state index is -0.250. The van der Waals surface area contributed by atoms with Crippen LogP contribution >= 0.6 is 0 Å². The van der Waals surface area contributed by atoms with Crippen LogP contribution in [0.5, 0.6) is 5.75 Å². The topological polar surface area (TPSA) is 59.3 Å². The van der Waals surface area contributed by atoms with E-state index >= 15 is 0 Å². The molecular weight excluding hydrogens is 383 g/mol. The van der Waals surface area contributed by atoms with Gasteiger partial charge >= 0.3 is 0 Å². The Morgan fingerprint density at radius 3 is 2.37 bits per heavy atom. The van der Waals surface area contributed by atoms with Crippen LogP contribution in [0, 0.1) is 5.82 Å². The number of likely N-dealkylation sites (N-methyl/N-ethyl adjacent to an activating group) is 1. The van der Waals surface area contributed by atoms with Crippen molar-refractivity contribution in [2.45, 2.75) is 19.5 Å². The van der Waals surface area contributed by atoms with Gasteiger partial charge in [0.15, 0.2) is 5.82 Å². The van der Waals surface area contributed by atoms with Crippen molar-refractivity contribution in [3.8, 4) is 5.75 Å². The lowest BCUT2D eigenvalue weighted by molar-refractivity contribution is 0.121. The third-order valence-corrected chi connectivity index (χ3v) is 5.46. The van der Waals surface area contributed by atoms with Gasteiger partial charge in [-0.3, -0.25) is 4.90 Å². The summed E-state index contributed by atoms with van der Waals surface area (Å²) in [4.78, 5) is 4.75. The Bertz CT molecular complexity index is 935. The first-order chi connectivity index (χ1) is 14.6. The lowest BCUT2D eigenvalue weighted by Gasteiger charge is -2.37. The van der Waals surface area contributed by atoms with E-state index in [0.717, 1.165) is 48.9 Å². The molecule has 3 aromatic rings. The van der Waals surface area contributed by atoms with E-state index in [2.05, 4.69) is 44.5 Å². The first-order valence-corrected chi connectivity index (χ1v) is 10.3. The molecule has 1 aliphatic heterocycles. The minimum Gasteiger partial charge on any atom is -0.494 e. The fourth-order valence-electron chi connectivity index (χ4n) is 3.80. The third-order valence-electron chi connectivity index (χ3n) is 5.46. The molecule has 0 aliphatic carbocycles. The van der Waals surface area contributed by atoms with Crippen LogP contribution in [-0.4, -0.2) is 69.8 Å². The molecule has 0 bridgehead atoms. The van der Waals surface area contributed by atoms with Crippen molar-refractivity contribution in [1.29, 1.82) is 0 Å². The molecule has 30 heavy (non-hydrogen) atoms. The molecular formula is C22H27FN6O. The summed E-state index contributed by atoms with van der Waals surface area (Å²) in [6.07, 6.45) is 0. The predicted molar refractivity (Wildman–Crippen MR) is 112 cm³/mol. The van der Waals surface area contributed by atoms with Gasteiger partial charge in [-0.15, -0.1) is 5.10 Å². The first-order valence-electron chi connectivity index (χ1n) is 10.3. The minimum absolute atomic E-state index is 0.0650. The molecule has 1 aromatic heterocycles. The fourth-order valence-corrected chi connectivity index (χ4v) is 3.80. The third kappa shape index (κ3) is 4.66. The molecule has 0 saturated carbocycles. The second kappa shape index (κ2) is 9.32. The summed E-state index contributed by atoms with van der Waals surface area (Å²) in [6, 6.07) is 14.6. The average molecular weight is 410 g/mol. The second-order valence-corrected chi connectivity index (χ2v) is 7.57. The second-order valence-electron chi connectivity index (χ2n) is 7.57. The number of piperazine rings is 1. The Hall–Kier alpha value is -2.84. The molecule has 2 aromatic carbocycles. The molecule has 158 valence electrons. The summed E-state index contributed by atoms with van der Waals surface area (Å²) in [5.74, 6) is 1.39. The Morgan fingerprint density at radius 1 is 1.00 bits per heavy atom. The van der Waals surface area contributed by atoms with Crippen LogP contribution < -0.4 is 4.74 Å². The Kier molecular flexibility index (Phi) is 6.35. The van der Waals surface area contributed by atoms with Crippen LogP contribution in [0.3, 0.4) is 0 Å². The zero-order chi connectivity index (χ0) is 20.9. The van der Waals surface area contributed by atoms with E-state index in [1.165, 1.54) is 12.1 Å². The number of hydrogen-bond acceptors (Lipinski definition) is 6. The van der Waals surface area contributed by atoms with Gasteiger partial charge in [-0.1, -0.05) is 24.3 Å². The van der Waals surface area contributed by atoms with Crippen LogP contribution in [0.1, 0.15) is 29.9 Å². The standard InChI is InChI=1S/C22H27FN6O/c1-3-30-20-10-6-18(7-11-20)21(28-14-12-27(2)13-15-28)22-24-25-26-29(22)16-17-4-8-19(23)9-5-17/h4-11,21H,3,12-16H2,1-2H3/t21-/m1/s1. The quantitative estimate of drug-likeness (QED) is 0.597. The zero-order valence-corrected chi connectivity index (χ0v) is 17.4. The summed E-state index contributed by atoms with van der Waals surface area (Å²) in [7, 11) is 2.14. The van der Waals surface area contributed by atoms with E-state index in [4.69, 9.17) is 4.74 Å². The highest BCUT2D eigenvalue weighted by Crippen LogP contribution is 2.29. The van der Waals surface area contributed by atoms with E-state index in [-0.39, 0.29) is 11.9 Å². The molecule has 1 fully saturated rings. The van der Waals surface area contributed by atoms with Crippen LogP contribution in [0.4, 0.5) is 4.39 Å². The van der Waals surface area contributed by atoms with Gasteiger partial charge in [-0.25, -0.2) is 9.07 Å². The Balaban J connectivity index is 1.66. The van der Waals surface area contributed by atoms with Crippen LogP contribution in [0.15, 0.2) is 48.5 Å². The summed E-state index contributed by atoms with van der Waals surface area (Å²) in [5.41, 5.74) is 2.08. The fraction of sp³-hybridized carbons (Fsp3) is 0.409. The van der Waals surface area contributed by atoms with Crippen molar-refractivity contribution in [3.05, 3.63) is 71.3 Å². The highest BCUT2D eigenvalue weighted by atomic mass is 19.1. The SMILES string of the molecule is CCOc1ccc([C@H](c2nnnn2Cc2ccc(F)cc2)N2CCN(C)CC2)cc1. The maximum atomic E-state index is 13.3. The highest BCUT2D eigenvalue weighted by Gasteiger charge is 2.30. The van der Waals surface area contributed by atoms with Crippen molar-refractivity contribution >= 4 is 0 Å². The molecule has 1 aliphatic rings. The molecule has 7 nitrogen and oxygen atoms in total. The molecule has 2 heterocycles. The van der Waals surface area contributed by atoms with Crippen molar-refractivity contribution in [3.63, 3.8) is 0 Å². The molecule has 0 amide bonds. The molecule has 0 unspecified atom stereocenters. The van der Waals surface area contributed by atoms with E-state index in [0.29, 0.717) is 13.2 Å². The Morgan fingerprint density at radius 2 is 1.70 bits per heavy atom. The molecule has 8 heteroatoms. The molecule has 1 saturated heterocycles. The predicted octanol–water partition coefficient (Wildman–Crippen LogP) is 2.60. The number of hydrogen-bond donors (Lipinski definition) is 0. The normalized spacial score (nSPS) is 16.5. The largest absolute Gasteiger partial charge is 0.494 e. The van der Waals surface area contributed by atoms with Gasteiger partial charge in [0, 0.05) is 26.2 Å². The van der Waals surface area contributed by atoms with Gasteiger partial charge in [-0.2, -0.15) is 0 Å². The number of rotatable bonds is 7. The zero-order valence-electron chi connectivity index (χ0n) is 17.4. The van der Waals surface area contributed by atoms with Gasteiger partial charge < -0.3 is 9.64 Å².